The number of hydrogen-bond acceptors (Lipinski definition) is 4. The molecule has 0 saturated carbocycles. The Morgan fingerprint density at radius 3 is 2.55 bits per heavy atom. The van der Waals surface area contributed by atoms with Gasteiger partial charge in [0.2, 0.25) is 0 Å². The molecule has 1 atom stereocenters. The van der Waals surface area contributed by atoms with Crippen LogP contribution in [-0.2, 0) is 0 Å². The molecule has 1 aromatic carbocycles. The van der Waals surface area contributed by atoms with E-state index in [-0.39, 0.29) is 10.2 Å². The summed E-state index contributed by atoms with van der Waals surface area (Å²) < 4.78 is 40.3. The minimum Gasteiger partial charge on any atom is -0.405 e. The van der Waals surface area contributed by atoms with E-state index in [0.717, 1.165) is 0 Å². The number of ether oxygens (including phenoxy) is 1. The Kier molecular flexibility index (Phi) is 6.09. The van der Waals surface area contributed by atoms with Gasteiger partial charge in [0, 0.05) is 18.8 Å². The smallest absolute Gasteiger partial charge is 0.405 e. The van der Waals surface area contributed by atoms with Crippen LogP contribution in [0.4, 0.5) is 18.9 Å². The Bertz CT molecular complexity index is 441. The SMILES string of the molecule is CN(C)CC(O)CNc1ccc(OC(F)(F)F)c(Br)c1. The number of aliphatic hydroxyl groups excluding tert-OH is 1. The van der Waals surface area contributed by atoms with Gasteiger partial charge in [0.25, 0.3) is 0 Å². The van der Waals surface area contributed by atoms with Gasteiger partial charge in [-0.1, -0.05) is 0 Å². The summed E-state index contributed by atoms with van der Waals surface area (Å²) in [5.74, 6) is -0.308. The fourth-order valence-electron chi connectivity index (χ4n) is 1.54. The van der Waals surface area contributed by atoms with Crippen molar-refractivity contribution in [3.63, 3.8) is 0 Å². The molecule has 1 rings (SSSR count). The van der Waals surface area contributed by atoms with Crippen LogP contribution in [0.5, 0.6) is 5.75 Å². The molecule has 114 valence electrons. The molecule has 0 saturated heterocycles. The van der Waals surface area contributed by atoms with Crippen molar-refractivity contribution in [2.45, 2.75) is 12.5 Å². The first-order chi connectivity index (χ1) is 9.17. The number of nitrogens with zero attached hydrogens (tertiary/aromatic N) is 1. The maximum absolute atomic E-state index is 12.1. The third-order valence-electron chi connectivity index (χ3n) is 2.28. The van der Waals surface area contributed by atoms with Crippen molar-refractivity contribution in [3.05, 3.63) is 22.7 Å². The molecule has 0 aromatic heterocycles. The van der Waals surface area contributed by atoms with Gasteiger partial charge < -0.3 is 20.1 Å². The van der Waals surface area contributed by atoms with E-state index >= 15 is 0 Å². The molecule has 0 spiro atoms. The Balaban J connectivity index is 2.59. The summed E-state index contributed by atoms with van der Waals surface area (Å²) in [7, 11) is 3.67. The molecule has 4 nitrogen and oxygen atoms in total. The first-order valence-electron chi connectivity index (χ1n) is 5.79. The molecule has 0 fully saturated rings. The number of alkyl halides is 3. The van der Waals surface area contributed by atoms with E-state index < -0.39 is 12.5 Å². The van der Waals surface area contributed by atoms with Crippen molar-refractivity contribution < 1.29 is 23.0 Å². The van der Waals surface area contributed by atoms with Crippen LogP contribution in [0.3, 0.4) is 0 Å². The largest absolute Gasteiger partial charge is 0.573 e. The summed E-state index contributed by atoms with van der Waals surface area (Å²) in [6, 6.07) is 4.12. The van der Waals surface area contributed by atoms with Gasteiger partial charge in [-0.15, -0.1) is 13.2 Å². The highest BCUT2D eigenvalue weighted by Gasteiger charge is 2.31. The fourth-order valence-corrected chi connectivity index (χ4v) is 2.00. The Morgan fingerprint density at radius 1 is 1.40 bits per heavy atom. The fraction of sp³-hybridized carbons (Fsp3) is 0.500. The molecule has 0 radical (unpaired) electrons. The Labute approximate surface area is 123 Å². The first-order valence-corrected chi connectivity index (χ1v) is 6.58. The normalized spacial score (nSPS) is 13.4. The zero-order valence-corrected chi connectivity index (χ0v) is 12.6. The van der Waals surface area contributed by atoms with Gasteiger partial charge in [-0.25, -0.2) is 0 Å². The second-order valence-corrected chi connectivity index (χ2v) is 5.34. The minimum atomic E-state index is -4.72. The second-order valence-electron chi connectivity index (χ2n) is 4.49. The Morgan fingerprint density at radius 2 is 2.05 bits per heavy atom. The van der Waals surface area contributed by atoms with Crippen LogP contribution in [0.1, 0.15) is 0 Å². The van der Waals surface area contributed by atoms with Crippen LogP contribution in [0, 0.1) is 0 Å². The second kappa shape index (κ2) is 7.14. The third-order valence-corrected chi connectivity index (χ3v) is 2.89. The molecule has 0 amide bonds. The third kappa shape index (κ3) is 6.44. The van der Waals surface area contributed by atoms with Crippen LogP contribution in [0.25, 0.3) is 0 Å². The molecule has 8 heteroatoms. The maximum Gasteiger partial charge on any atom is 0.573 e. The van der Waals surface area contributed by atoms with Crippen molar-refractivity contribution >= 4 is 21.6 Å². The molecule has 0 aliphatic rings. The molecule has 0 aliphatic carbocycles. The van der Waals surface area contributed by atoms with Crippen molar-refractivity contribution in [1.29, 1.82) is 0 Å². The molecule has 20 heavy (non-hydrogen) atoms. The van der Waals surface area contributed by atoms with Crippen molar-refractivity contribution in [3.8, 4) is 5.75 Å². The average Bonchev–Trinajstić information content (AvgIpc) is 2.27. The van der Waals surface area contributed by atoms with Gasteiger partial charge in [-0.05, 0) is 48.2 Å². The predicted molar refractivity (Wildman–Crippen MR) is 73.9 cm³/mol. The van der Waals surface area contributed by atoms with Gasteiger partial charge in [0.1, 0.15) is 5.75 Å². The summed E-state index contributed by atoms with van der Waals surface area (Å²) in [5, 5.41) is 12.6. The monoisotopic (exact) mass is 356 g/mol. The Hall–Kier alpha value is -0.990. The topological polar surface area (TPSA) is 44.7 Å². The molecule has 0 bridgehead atoms. The number of halogens is 4. The van der Waals surface area contributed by atoms with Crippen LogP contribution in [0.2, 0.25) is 0 Å². The van der Waals surface area contributed by atoms with E-state index in [1.165, 1.54) is 18.2 Å². The molecule has 1 aromatic rings. The van der Waals surface area contributed by atoms with Gasteiger partial charge in [0.15, 0.2) is 0 Å². The highest BCUT2D eigenvalue weighted by Crippen LogP contribution is 2.32. The van der Waals surface area contributed by atoms with E-state index in [4.69, 9.17) is 0 Å². The summed E-state index contributed by atoms with van der Waals surface area (Å²) in [6.45, 7) is 0.785. The molecule has 0 aliphatic heterocycles. The quantitative estimate of drug-likeness (QED) is 0.822. The van der Waals surface area contributed by atoms with E-state index in [2.05, 4.69) is 26.0 Å². The number of rotatable bonds is 6. The highest BCUT2D eigenvalue weighted by molar-refractivity contribution is 9.10. The lowest BCUT2D eigenvalue weighted by molar-refractivity contribution is -0.274. The number of aliphatic hydroxyl groups is 1. The number of hydrogen-bond donors (Lipinski definition) is 2. The molecular formula is C12H16BrF3N2O2. The van der Waals surface area contributed by atoms with Crippen LogP contribution < -0.4 is 10.1 Å². The van der Waals surface area contributed by atoms with E-state index in [1.54, 1.807) is 0 Å². The van der Waals surface area contributed by atoms with E-state index in [1.807, 2.05) is 19.0 Å². The average molecular weight is 357 g/mol. The lowest BCUT2D eigenvalue weighted by Gasteiger charge is -2.17. The summed E-state index contributed by atoms with van der Waals surface area (Å²) in [6.07, 6.45) is -5.30. The van der Waals surface area contributed by atoms with Crippen LogP contribution in [-0.4, -0.2) is 49.7 Å². The van der Waals surface area contributed by atoms with E-state index in [0.29, 0.717) is 18.8 Å². The van der Waals surface area contributed by atoms with E-state index in [9.17, 15) is 18.3 Å². The van der Waals surface area contributed by atoms with Crippen molar-refractivity contribution in [2.24, 2.45) is 0 Å². The molecular weight excluding hydrogens is 341 g/mol. The lowest BCUT2D eigenvalue weighted by atomic mass is 10.2. The number of nitrogens with one attached hydrogen (secondary N) is 1. The summed E-state index contributed by atoms with van der Waals surface area (Å²) in [4.78, 5) is 1.84. The van der Waals surface area contributed by atoms with Crippen molar-refractivity contribution in [2.75, 3.05) is 32.5 Å². The molecule has 2 N–H and O–H groups in total. The zero-order chi connectivity index (χ0) is 15.3. The molecule has 1 unspecified atom stereocenters. The maximum atomic E-state index is 12.1. The first kappa shape index (κ1) is 17.1. The summed E-state index contributed by atoms with van der Waals surface area (Å²) >= 11 is 3.01. The van der Waals surface area contributed by atoms with Gasteiger partial charge >= 0.3 is 6.36 Å². The van der Waals surface area contributed by atoms with Gasteiger partial charge in [0.05, 0.1) is 10.6 Å². The van der Waals surface area contributed by atoms with Crippen molar-refractivity contribution in [1.82, 2.24) is 4.90 Å². The lowest BCUT2D eigenvalue weighted by Crippen LogP contribution is -2.31. The van der Waals surface area contributed by atoms with Crippen LogP contribution in [0.15, 0.2) is 22.7 Å². The minimum absolute atomic E-state index is 0.182. The standard InChI is InChI=1S/C12H16BrF3N2O2/c1-18(2)7-9(19)6-17-8-3-4-11(10(13)5-8)20-12(14,15)16/h3-5,9,17,19H,6-7H2,1-2H3. The van der Waals surface area contributed by atoms with Gasteiger partial charge in [-0.2, -0.15) is 0 Å². The summed E-state index contributed by atoms with van der Waals surface area (Å²) in [5.41, 5.74) is 0.587. The number of benzene rings is 1. The number of anilines is 1. The van der Waals surface area contributed by atoms with Gasteiger partial charge in [-0.3, -0.25) is 0 Å². The zero-order valence-electron chi connectivity index (χ0n) is 11.0. The highest BCUT2D eigenvalue weighted by atomic mass is 79.9. The van der Waals surface area contributed by atoms with Crippen LogP contribution >= 0.6 is 15.9 Å². The predicted octanol–water partition coefficient (Wildman–Crippen LogP) is 2.68. The molecule has 0 heterocycles. The number of likely N-dealkylation sites (N-methyl/N-ethyl adjacent to an activating group) is 1.